The van der Waals surface area contributed by atoms with Crippen molar-refractivity contribution in [2.75, 3.05) is 0 Å². The highest BCUT2D eigenvalue weighted by Gasteiger charge is 2.26. The summed E-state index contributed by atoms with van der Waals surface area (Å²) in [6.45, 7) is 3.03. The van der Waals surface area contributed by atoms with E-state index in [1.54, 1.807) is 6.20 Å². The topological polar surface area (TPSA) is 84.4 Å². The van der Waals surface area contributed by atoms with Crippen molar-refractivity contribution in [2.24, 2.45) is 11.8 Å². The highest BCUT2D eigenvalue weighted by molar-refractivity contribution is 5.78. The Hall–Kier alpha value is -2.96. The Labute approximate surface area is 184 Å². The lowest BCUT2D eigenvalue weighted by Gasteiger charge is -2.25. The first kappa shape index (κ1) is 22.7. The number of benzene rings is 2. The summed E-state index contributed by atoms with van der Waals surface area (Å²) in [4.78, 5) is 17.6. The molecule has 1 amide bonds. The lowest BCUT2D eigenvalue weighted by atomic mass is 9.90. The number of nitrogens with two attached hydrogens (primary N) is 1. The number of aryl methyl sites for hydroxylation is 2. The minimum Gasteiger partial charge on any atom is -0.393 e. The number of hydrazine groups is 1. The summed E-state index contributed by atoms with van der Waals surface area (Å²) >= 11 is 0. The molecule has 0 bridgehead atoms. The SMILES string of the molecule is CCn1ccnc1CN(N)C(=O)C(Cc1ccccc1)CC(O)CCc1ccccc1. The molecule has 3 aromatic rings. The van der Waals surface area contributed by atoms with Crippen LogP contribution in [0.3, 0.4) is 0 Å². The van der Waals surface area contributed by atoms with Gasteiger partial charge in [0.15, 0.2) is 0 Å². The first-order valence-corrected chi connectivity index (χ1v) is 10.9. The Morgan fingerprint density at radius 1 is 1.10 bits per heavy atom. The zero-order valence-corrected chi connectivity index (χ0v) is 18.1. The highest BCUT2D eigenvalue weighted by atomic mass is 16.3. The lowest BCUT2D eigenvalue weighted by molar-refractivity contribution is -0.137. The van der Waals surface area contributed by atoms with Crippen LogP contribution in [0.15, 0.2) is 73.1 Å². The summed E-state index contributed by atoms with van der Waals surface area (Å²) in [6, 6.07) is 20.0. The number of hydrogen-bond acceptors (Lipinski definition) is 4. The van der Waals surface area contributed by atoms with Crippen molar-refractivity contribution in [3.8, 4) is 0 Å². The summed E-state index contributed by atoms with van der Waals surface area (Å²) in [5.41, 5.74) is 2.24. The maximum atomic E-state index is 13.2. The van der Waals surface area contributed by atoms with E-state index in [4.69, 9.17) is 5.84 Å². The van der Waals surface area contributed by atoms with E-state index in [0.717, 1.165) is 24.4 Å². The average molecular weight is 421 g/mol. The van der Waals surface area contributed by atoms with E-state index in [-0.39, 0.29) is 12.5 Å². The van der Waals surface area contributed by atoms with Crippen LogP contribution in [0.2, 0.25) is 0 Å². The lowest BCUT2D eigenvalue weighted by Crippen LogP contribution is -2.43. The van der Waals surface area contributed by atoms with Crippen molar-refractivity contribution in [1.82, 2.24) is 14.6 Å². The maximum absolute atomic E-state index is 13.2. The molecule has 2 atom stereocenters. The van der Waals surface area contributed by atoms with Crippen molar-refractivity contribution < 1.29 is 9.90 Å². The summed E-state index contributed by atoms with van der Waals surface area (Å²) in [5, 5.41) is 11.9. The van der Waals surface area contributed by atoms with Crippen LogP contribution in [-0.4, -0.2) is 31.7 Å². The average Bonchev–Trinajstić information content (AvgIpc) is 3.25. The molecule has 0 saturated heterocycles. The summed E-state index contributed by atoms with van der Waals surface area (Å²) in [7, 11) is 0. The second kappa shape index (κ2) is 11.4. The van der Waals surface area contributed by atoms with E-state index < -0.39 is 12.0 Å². The number of imidazole rings is 1. The molecule has 0 saturated carbocycles. The number of amides is 1. The van der Waals surface area contributed by atoms with Gasteiger partial charge in [0.1, 0.15) is 5.82 Å². The third-order valence-corrected chi connectivity index (χ3v) is 5.58. The van der Waals surface area contributed by atoms with E-state index in [0.29, 0.717) is 19.3 Å². The molecule has 31 heavy (non-hydrogen) atoms. The van der Waals surface area contributed by atoms with Crippen molar-refractivity contribution in [2.45, 2.75) is 51.8 Å². The predicted molar refractivity (Wildman–Crippen MR) is 122 cm³/mol. The predicted octanol–water partition coefficient (Wildman–Crippen LogP) is 3.35. The molecular weight excluding hydrogens is 388 g/mol. The minimum atomic E-state index is -0.580. The van der Waals surface area contributed by atoms with Gasteiger partial charge in [0.2, 0.25) is 5.91 Å². The van der Waals surface area contributed by atoms with Gasteiger partial charge in [-0.2, -0.15) is 0 Å². The van der Waals surface area contributed by atoms with Crippen LogP contribution in [0.25, 0.3) is 0 Å². The molecule has 6 nitrogen and oxygen atoms in total. The molecule has 0 aliphatic carbocycles. The van der Waals surface area contributed by atoms with Gasteiger partial charge in [0, 0.05) is 24.9 Å². The molecule has 0 aliphatic rings. The largest absolute Gasteiger partial charge is 0.393 e. The third kappa shape index (κ3) is 6.77. The normalized spacial score (nSPS) is 13.0. The number of aromatic nitrogens is 2. The van der Waals surface area contributed by atoms with Crippen LogP contribution >= 0.6 is 0 Å². The Balaban J connectivity index is 1.66. The van der Waals surface area contributed by atoms with Crippen LogP contribution in [0.1, 0.15) is 36.7 Å². The molecule has 2 unspecified atom stereocenters. The Kier molecular flexibility index (Phi) is 8.38. The van der Waals surface area contributed by atoms with Crippen molar-refractivity contribution in [3.05, 3.63) is 90.0 Å². The fourth-order valence-corrected chi connectivity index (χ4v) is 3.84. The number of nitrogens with zero attached hydrogens (tertiary/aromatic N) is 3. The fourth-order valence-electron chi connectivity index (χ4n) is 3.84. The summed E-state index contributed by atoms with van der Waals surface area (Å²) in [6.07, 6.45) is 5.30. The van der Waals surface area contributed by atoms with Crippen molar-refractivity contribution in [3.63, 3.8) is 0 Å². The minimum absolute atomic E-state index is 0.173. The number of hydrogen-bond donors (Lipinski definition) is 2. The molecule has 0 radical (unpaired) electrons. The number of aliphatic hydroxyl groups is 1. The number of aliphatic hydroxyl groups excluding tert-OH is 1. The van der Waals surface area contributed by atoms with Gasteiger partial charge in [-0.15, -0.1) is 0 Å². The van der Waals surface area contributed by atoms with Crippen LogP contribution in [0.5, 0.6) is 0 Å². The van der Waals surface area contributed by atoms with Gasteiger partial charge in [-0.25, -0.2) is 10.8 Å². The van der Waals surface area contributed by atoms with Gasteiger partial charge >= 0.3 is 0 Å². The number of carbonyl (C=O) groups is 1. The van der Waals surface area contributed by atoms with E-state index in [1.807, 2.05) is 66.2 Å². The summed E-state index contributed by atoms with van der Waals surface area (Å²) in [5.74, 6) is 6.35. The Bertz CT molecular complexity index is 927. The molecule has 0 spiro atoms. The van der Waals surface area contributed by atoms with Crippen LogP contribution < -0.4 is 5.84 Å². The third-order valence-electron chi connectivity index (χ3n) is 5.58. The molecule has 0 fully saturated rings. The molecule has 2 aromatic carbocycles. The van der Waals surface area contributed by atoms with Crippen molar-refractivity contribution >= 4 is 5.91 Å². The zero-order chi connectivity index (χ0) is 22.1. The standard InChI is InChI=1S/C25H32N4O2/c1-2-28-16-15-27-24(28)19-29(26)25(31)22(17-21-11-7-4-8-12-21)18-23(30)14-13-20-9-5-3-6-10-20/h3-12,15-16,22-23,30H,2,13-14,17-19,26H2,1H3. The van der Waals surface area contributed by atoms with E-state index in [2.05, 4.69) is 17.1 Å². The van der Waals surface area contributed by atoms with Crippen LogP contribution in [-0.2, 0) is 30.7 Å². The molecule has 3 N–H and O–H groups in total. The van der Waals surface area contributed by atoms with Gasteiger partial charge < -0.3 is 9.67 Å². The maximum Gasteiger partial charge on any atom is 0.240 e. The molecule has 1 aromatic heterocycles. The van der Waals surface area contributed by atoms with Gasteiger partial charge in [0.05, 0.1) is 12.6 Å². The van der Waals surface area contributed by atoms with E-state index in [9.17, 15) is 9.90 Å². The van der Waals surface area contributed by atoms with Crippen LogP contribution in [0.4, 0.5) is 0 Å². The van der Waals surface area contributed by atoms with Gasteiger partial charge in [-0.3, -0.25) is 9.80 Å². The molecule has 0 aliphatic heterocycles. The quantitative estimate of drug-likeness (QED) is 0.283. The first-order valence-electron chi connectivity index (χ1n) is 10.9. The second-order valence-electron chi connectivity index (χ2n) is 7.90. The van der Waals surface area contributed by atoms with Crippen LogP contribution in [0, 0.1) is 5.92 Å². The number of carbonyl (C=O) groups excluding carboxylic acids is 1. The molecule has 6 heteroatoms. The number of rotatable bonds is 11. The van der Waals surface area contributed by atoms with Crippen molar-refractivity contribution in [1.29, 1.82) is 0 Å². The fraction of sp³-hybridized carbons (Fsp3) is 0.360. The Morgan fingerprint density at radius 3 is 2.39 bits per heavy atom. The molecule has 164 valence electrons. The molecular formula is C25H32N4O2. The Morgan fingerprint density at radius 2 is 1.74 bits per heavy atom. The smallest absolute Gasteiger partial charge is 0.240 e. The first-order chi connectivity index (χ1) is 15.1. The van der Waals surface area contributed by atoms with Gasteiger partial charge in [-0.05, 0) is 43.7 Å². The second-order valence-corrected chi connectivity index (χ2v) is 7.90. The molecule has 3 rings (SSSR count). The van der Waals surface area contributed by atoms with E-state index in [1.165, 1.54) is 10.6 Å². The molecule has 1 heterocycles. The highest BCUT2D eigenvalue weighted by Crippen LogP contribution is 2.20. The van der Waals surface area contributed by atoms with Gasteiger partial charge in [-0.1, -0.05) is 60.7 Å². The summed E-state index contributed by atoms with van der Waals surface area (Å²) < 4.78 is 1.97. The zero-order valence-electron chi connectivity index (χ0n) is 18.1. The van der Waals surface area contributed by atoms with Gasteiger partial charge in [0.25, 0.3) is 0 Å². The van der Waals surface area contributed by atoms with E-state index >= 15 is 0 Å². The monoisotopic (exact) mass is 420 g/mol.